The minimum Gasteiger partial charge on any atom is -0.497 e. The van der Waals surface area contributed by atoms with Crippen LogP contribution >= 0.6 is 0 Å². The van der Waals surface area contributed by atoms with Crippen molar-refractivity contribution < 1.29 is 4.74 Å². The normalized spacial score (nSPS) is 15.8. The molecule has 0 aliphatic carbocycles. The topological polar surface area (TPSA) is 42.3 Å². The summed E-state index contributed by atoms with van der Waals surface area (Å²) >= 11 is 0. The number of hydrogen-bond acceptors (Lipinski definition) is 4. The summed E-state index contributed by atoms with van der Waals surface area (Å²) in [5.74, 6) is 2.01. The average molecular weight is 345 g/mol. The third-order valence-corrected chi connectivity index (χ3v) is 5.11. The summed E-state index contributed by atoms with van der Waals surface area (Å²) in [6.07, 6.45) is 6.48. The first-order valence-corrected chi connectivity index (χ1v) is 9.78. The van der Waals surface area contributed by atoms with Gasteiger partial charge >= 0.3 is 0 Å². The number of imidazole rings is 1. The van der Waals surface area contributed by atoms with Gasteiger partial charge in [0.15, 0.2) is 0 Å². The van der Waals surface area contributed by atoms with E-state index in [1.807, 2.05) is 12.1 Å². The number of unbranched alkanes of at least 4 members (excludes halogenated alkanes) is 1. The van der Waals surface area contributed by atoms with Crippen LogP contribution < -0.4 is 10.1 Å². The Bertz CT molecular complexity index is 661. The molecule has 0 saturated carbocycles. The first kappa shape index (κ1) is 18.2. The number of nitrogens with one attached hydrogen (secondary N) is 1. The molecule has 1 saturated heterocycles. The van der Waals surface area contributed by atoms with E-state index in [9.17, 15) is 0 Å². The van der Waals surface area contributed by atoms with Gasteiger partial charge in [0.05, 0.1) is 24.7 Å². The Kier molecular flexibility index (Phi) is 6.70. The molecule has 0 amide bonds. The van der Waals surface area contributed by atoms with Gasteiger partial charge in [-0.15, -0.1) is 0 Å². The molecule has 1 N–H and O–H groups in total. The van der Waals surface area contributed by atoms with Gasteiger partial charge in [0.1, 0.15) is 11.6 Å². The number of aromatic nitrogens is 2. The quantitative estimate of drug-likeness (QED) is 0.708. The highest BCUT2D eigenvalue weighted by Crippen LogP contribution is 2.22. The summed E-state index contributed by atoms with van der Waals surface area (Å²) in [5.41, 5.74) is 2.24. The van der Waals surface area contributed by atoms with E-state index in [2.05, 4.69) is 27.8 Å². The summed E-state index contributed by atoms with van der Waals surface area (Å²) in [7, 11) is 1.71. The lowest BCUT2D eigenvalue weighted by Crippen LogP contribution is -2.35. The van der Waals surface area contributed by atoms with Crippen molar-refractivity contribution in [1.82, 2.24) is 19.8 Å². The second-order valence-corrected chi connectivity index (χ2v) is 6.97. The number of methoxy groups -OCH3 is 1. The van der Waals surface area contributed by atoms with Gasteiger partial charge in [0, 0.05) is 25.7 Å². The van der Waals surface area contributed by atoms with Crippen LogP contribution in [0.3, 0.4) is 0 Å². The molecule has 5 nitrogen and oxygen atoms in total. The van der Waals surface area contributed by atoms with Gasteiger partial charge in [-0.05, 0) is 44.5 Å². The van der Waals surface area contributed by atoms with Crippen molar-refractivity contribution in [1.29, 1.82) is 0 Å². The molecule has 1 aromatic heterocycles. The predicted molar refractivity (Wildman–Crippen MR) is 103 cm³/mol. The summed E-state index contributed by atoms with van der Waals surface area (Å²) in [5, 5.41) is 3.60. The maximum Gasteiger partial charge on any atom is 0.123 e. The minimum atomic E-state index is 0.828. The molecule has 1 aliphatic rings. The minimum absolute atomic E-state index is 0.828. The lowest BCUT2D eigenvalue weighted by atomic mass is 10.1. The van der Waals surface area contributed by atoms with Crippen LogP contribution in [0.5, 0.6) is 5.75 Å². The summed E-state index contributed by atoms with van der Waals surface area (Å²) < 4.78 is 7.72. The van der Waals surface area contributed by atoms with Crippen molar-refractivity contribution >= 4 is 11.0 Å². The van der Waals surface area contributed by atoms with Gasteiger partial charge in [-0.25, -0.2) is 4.98 Å². The zero-order valence-electron chi connectivity index (χ0n) is 15.8. The van der Waals surface area contributed by atoms with E-state index in [0.717, 1.165) is 43.3 Å². The fraction of sp³-hybridized carbons (Fsp3) is 0.650. The molecule has 2 aromatic rings. The molecule has 2 heterocycles. The third kappa shape index (κ3) is 4.73. The maximum atomic E-state index is 5.35. The first-order valence-electron chi connectivity index (χ1n) is 9.78. The standard InChI is InChI=1S/C20H32N4O/c1-3-4-13-24-19-9-8-17(25-2)15-18(19)22-20(24)16-21-10-14-23-11-6-5-7-12-23/h8-9,15,21H,3-7,10-14,16H2,1-2H3. The number of benzene rings is 1. The van der Waals surface area contributed by atoms with E-state index >= 15 is 0 Å². The number of piperidine rings is 1. The molecule has 0 radical (unpaired) electrons. The molecule has 25 heavy (non-hydrogen) atoms. The molecule has 1 aliphatic heterocycles. The number of ether oxygens (including phenoxy) is 1. The van der Waals surface area contributed by atoms with Crippen LogP contribution in [0, 0.1) is 0 Å². The van der Waals surface area contributed by atoms with Crippen molar-refractivity contribution in [2.45, 2.75) is 52.1 Å². The van der Waals surface area contributed by atoms with Crippen LogP contribution in [-0.2, 0) is 13.1 Å². The van der Waals surface area contributed by atoms with Crippen molar-refractivity contribution in [2.75, 3.05) is 33.3 Å². The molecule has 0 atom stereocenters. The second kappa shape index (κ2) is 9.20. The Morgan fingerprint density at radius 3 is 2.76 bits per heavy atom. The zero-order valence-corrected chi connectivity index (χ0v) is 15.8. The second-order valence-electron chi connectivity index (χ2n) is 6.97. The molecule has 0 unspecified atom stereocenters. The fourth-order valence-corrected chi connectivity index (χ4v) is 3.61. The van der Waals surface area contributed by atoms with E-state index < -0.39 is 0 Å². The molecule has 5 heteroatoms. The van der Waals surface area contributed by atoms with Crippen molar-refractivity contribution in [3.8, 4) is 5.75 Å². The van der Waals surface area contributed by atoms with Gasteiger partial charge in [-0.2, -0.15) is 0 Å². The van der Waals surface area contributed by atoms with Crippen LogP contribution in [0.15, 0.2) is 18.2 Å². The van der Waals surface area contributed by atoms with Crippen LogP contribution in [-0.4, -0.2) is 47.7 Å². The zero-order chi connectivity index (χ0) is 17.5. The Labute approximate surface area is 151 Å². The van der Waals surface area contributed by atoms with Gasteiger partial charge in [-0.1, -0.05) is 19.8 Å². The van der Waals surface area contributed by atoms with Crippen LogP contribution in [0.4, 0.5) is 0 Å². The molecule has 0 bridgehead atoms. The monoisotopic (exact) mass is 344 g/mol. The number of rotatable bonds is 9. The van der Waals surface area contributed by atoms with Gasteiger partial charge in [0.25, 0.3) is 0 Å². The van der Waals surface area contributed by atoms with Crippen molar-refractivity contribution in [3.63, 3.8) is 0 Å². The Hall–Kier alpha value is -1.59. The Balaban J connectivity index is 1.63. The van der Waals surface area contributed by atoms with E-state index in [1.165, 1.54) is 50.7 Å². The highest BCUT2D eigenvalue weighted by Gasteiger charge is 2.12. The van der Waals surface area contributed by atoms with E-state index in [-0.39, 0.29) is 0 Å². The van der Waals surface area contributed by atoms with Crippen molar-refractivity contribution in [2.24, 2.45) is 0 Å². The van der Waals surface area contributed by atoms with Crippen LogP contribution in [0.1, 0.15) is 44.9 Å². The van der Waals surface area contributed by atoms with Gasteiger partial charge < -0.3 is 19.5 Å². The number of likely N-dealkylation sites (tertiary alicyclic amines) is 1. The van der Waals surface area contributed by atoms with E-state index in [4.69, 9.17) is 9.72 Å². The molecule has 0 spiro atoms. The fourth-order valence-electron chi connectivity index (χ4n) is 3.61. The highest BCUT2D eigenvalue weighted by molar-refractivity contribution is 5.77. The number of aryl methyl sites for hydroxylation is 1. The smallest absolute Gasteiger partial charge is 0.123 e. The average Bonchev–Trinajstić information content (AvgIpc) is 3.00. The molecule has 1 aromatic carbocycles. The largest absolute Gasteiger partial charge is 0.497 e. The molecule has 3 rings (SSSR count). The van der Waals surface area contributed by atoms with Crippen LogP contribution in [0.2, 0.25) is 0 Å². The molecular weight excluding hydrogens is 312 g/mol. The SMILES string of the molecule is CCCCn1c(CNCCN2CCCCC2)nc2cc(OC)ccc21. The number of nitrogens with zero attached hydrogens (tertiary/aromatic N) is 3. The third-order valence-electron chi connectivity index (χ3n) is 5.11. The number of fused-ring (bicyclic) bond motifs is 1. The lowest BCUT2D eigenvalue weighted by Gasteiger charge is -2.26. The van der Waals surface area contributed by atoms with Crippen LogP contribution in [0.25, 0.3) is 11.0 Å². The first-order chi connectivity index (χ1) is 12.3. The van der Waals surface area contributed by atoms with Gasteiger partial charge in [-0.3, -0.25) is 0 Å². The summed E-state index contributed by atoms with van der Waals surface area (Å²) in [6.45, 7) is 8.78. The molecule has 138 valence electrons. The highest BCUT2D eigenvalue weighted by atomic mass is 16.5. The Morgan fingerprint density at radius 1 is 1.16 bits per heavy atom. The lowest BCUT2D eigenvalue weighted by molar-refractivity contribution is 0.228. The maximum absolute atomic E-state index is 5.35. The van der Waals surface area contributed by atoms with E-state index in [1.54, 1.807) is 7.11 Å². The van der Waals surface area contributed by atoms with Crippen molar-refractivity contribution in [3.05, 3.63) is 24.0 Å². The van der Waals surface area contributed by atoms with E-state index in [0.29, 0.717) is 0 Å². The summed E-state index contributed by atoms with van der Waals surface area (Å²) in [6, 6.07) is 6.20. The molecule has 1 fully saturated rings. The Morgan fingerprint density at radius 2 is 2.00 bits per heavy atom. The van der Waals surface area contributed by atoms with Gasteiger partial charge in [0.2, 0.25) is 0 Å². The molecular formula is C20H32N4O. The predicted octanol–water partition coefficient (Wildman–Crippen LogP) is 3.42. The number of hydrogen-bond donors (Lipinski definition) is 1. The summed E-state index contributed by atoms with van der Waals surface area (Å²) in [4.78, 5) is 7.44.